The van der Waals surface area contributed by atoms with E-state index in [1.165, 1.54) is 11.8 Å². The molecule has 0 saturated heterocycles. The van der Waals surface area contributed by atoms with Gasteiger partial charge in [0.25, 0.3) is 0 Å². The second-order valence-corrected chi connectivity index (χ2v) is 7.06. The Bertz CT molecular complexity index is 401. The number of amides is 2. The lowest BCUT2D eigenvalue weighted by Crippen LogP contribution is -2.46. The summed E-state index contributed by atoms with van der Waals surface area (Å²) in [6, 6.07) is 0. The fourth-order valence-electron chi connectivity index (χ4n) is 1.56. The summed E-state index contributed by atoms with van der Waals surface area (Å²) < 4.78 is 0. The second kappa shape index (κ2) is 11.4. The van der Waals surface area contributed by atoms with Crippen molar-refractivity contribution >= 4 is 28.7 Å². The third-order valence-corrected chi connectivity index (χ3v) is 4.12. The zero-order chi connectivity index (χ0) is 17.9. The molecule has 0 aliphatic heterocycles. The van der Waals surface area contributed by atoms with Crippen LogP contribution in [-0.4, -0.2) is 58.7 Å². The quantitative estimate of drug-likeness (QED) is 0.392. The van der Waals surface area contributed by atoms with Crippen molar-refractivity contribution in [1.82, 2.24) is 10.6 Å². The van der Waals surface area contributed by atoms with E-state index in [4.69, 9.17) is 5.11 Å². The van der Waals surface area contributed by atoms with E-state index in [1.54, 1.807) is 13.8 Å². The van der Waals surface area contributed by atoms with Crippen LogP contribution in [0, 0.1) is 5.41 Å². The minimum atomic E-state index is -1.34. The standard InChI is InChI=1S/C15H28N2O5S/c1-4-5-12(20)23-9-8-16-11(19)6-7-17-14(22)13(21)15(2,3)10-18/h13,18,21H,4-10H2,1-3H3,(H,16,19)(H,17,22). The van der Waals surface area contributed by atoms with Gasteiger partial charge < -0.3 is 20.8 Å². The van der Waals surface area contributed by atoms with Gasteiger partial charge in [0.05, 0.1) is 6.61 Å². The Kier molecular flexibility index (Phi) is 10.9. The van der Waals surface area contributed by atoms with Gasteiger partial charge in [-0.15, -0.1) is 0 Å². The van der Waals surface area contributed by atoms with Crippen molar-refractivity contribution in [1.29, 1.82) is 0 Å². The molecule has 0 aromatic heterocycles. The van der Waals surface area contributed by atoms with Gasteiger partial charge in [-0.05, 0) is 6.42 Å². The molecule has 7 nitrogen and oxygen atoms in total. The predicted molar refractivity (Wildman–Crippen MR) is 89.9 cm³/mol. The normalized spacial score (nSPS) is 12.6. The Morgan fingerprint density at radius 1 is 1.13 bits per heavy atom. The highest BCUT2D eigenvalue weighted by atomic mass is 32.2. The second-order valence-electron chi connectivity index (χ2n) is 5.91. The molecule has 0 saturated carbocycles. The molecule has 0 heterocycles. The van der Waals surface area contributed by atoms with Crippen molar-refractivity contribution in [2.75, 3.05) is 25.4 Å². The molecule has 1 atom stereocenters. The van der Waals surface area contributed by atoms with Crippen LogP contribution in [0.4, 0.5) is 0 Å². The summed E-state index contributed by atoms with van der Waals surface area (Å²) in [4.78, 5) is 34.5. The molecule has 0 rings (SSSR count). The van der Waals surface area contributed by atoms with E-state index in [-0.39, 0.29) is 30.6 Å². The Morgan fingerprint density at radius 3 is 2.35 bits per heavy atom. The van der Waals surface area contributed by atoms with E-state index in [0.29, 0.717) is 18.7 Å². The average molecular weight is 348 g/mol. The fraction of sp³-hybridized carbons (Fsp3) is 0.800. The minimum Gasteiger partial charge on any atom is -0.396 e. The number of carbonyl (C=O) groups excluding carboxylic acids is 3. The van der Waals surface area contributed by atoms with Crippen molar-refractivity contribution in [3.05, 3.63) is 0 Å². The van der Waals surface area contributed by atoms with Gasteiger partial charge in [0, 0.05) is 37.1 Å². The summed E-state index contributed by atoms with van der Waals surface area (Å²) in [6.45, 7) is 5.25. The van der Waals surface area contributed by atoms with E-state index in [0.717, 1.165) is 6.42 Å². The third kappa shape index (κ3) is 9.58. The monoisotopic (exact) mass is 348 g/mol. The molecule has 0 aromatic carbocycles. The van der Waals surface area contributed by atoms with Crippen LogP contribution in [0.15, 0.2) is 0 Å². The van der Waals surface area contributed by atoms with E-state index in [9.17, 15) is 19.5 Å². The minimum absolute atomic E-state index is 0.0889. The van der Waals surface area contributed by atoms with Gasteiger partial charge in [-0.3, -0.25) is 14.4 Å². The Labute approximate surface area is 141 Å². The number of aliphatic hydroxyl groups excluding tert-OH is 2. The maximum atomic E-state index is 11.7. The van der Waals surface area contributed by atoms with E-state index < -0.39 is 17.4 Å². The Balaban J connectivity index is 3.82. The number of rotatable bonds is 11. The van der Waals surface area contributed by atoms with Crippen molar-refractivity contribution in [3.8, 4) is 0 Å². The molecule has 2 amide bonds. The van der Waals surface area contributed by atoms with E-state index >= 15 is 0 Å². The molecule has 134 valence electrons. The zero-order valence-electron chi connectivity index (χ0n) is 14.1. The summed E-state index contributed by atoms with van der Waals surface area (Å²) in [5.74, 6) is -0.317. The number of aliphatic hydroxyl groups is 2. The first kappa shape index (κ1) is 21.9. The first-order valence-electron chi connectivity index (χ1n) is 7.73. The molecule has 4 N–H and O–H groups in total. The summed E-state index contributed by atoms with van der Waals surface area (Å²) in [5.41, 5.74) is -0.936. The van der Waals surface area contributed by atoms with E-state index in [1.807, 2.05) is 6.92 Å². The number of thioether (sulfide) groups is 1. The molecular weight excluding hydrogens is 320 g/mol. The van der Waals surface area contributed by atoms with Crippen LogP contribution in [-0.2, 0) is 14.4 Å². The summed E-state index contributed by atoms with van der Waals surface area (Å²) in [7, 11) is 0. The van der Waals surface area contributed by atoms with Crippen molar-refractivity contribution < 1.29 is 24.6 Å². The number of hydrogen-bond donors (Lipinski definition) is 4. The van der Waals surface area contributed by atoms with Gasteiger partial charge in [-0.25, -0.2) is 0 Å². The lowest BCUT2D eigenvalue weighted by molar-refractivity contribution is -0.137. The SMILES string of the molecule is CCCC(=O)SCCNC(=O)CCNC(=O)C(O)C(C)(C)CO. The molecule has 23 heavy (non-hydrogen) atoms. The predicted octanol–water partition coefficient (Wildman–Crippen LogP) is 0.0482. The van der Waals surface area contributed by atoms with Crippen molar-refractivity contribution in [2.45, 2.75) is 46.1 Å². The lowest BCUT2D eigenvalue weighted by Gasteiger charge is -2.27. The van der Waals surface area contributed by atoms with Gasteiger partial charge in [-0.1, -0.05) is 32.5 Å². The smallest absolute Gasteiger partial charge is 0.249 e. The molecule has 0 aliphatic carbocycles. The maximum absolute atomic E-state index is 11.7. The molecule has 0 radical (unpaired) electrons. The molecule has 0 fully saturated rings. The van der Waals surface area contributed by atoms with Crippen molar-refractivity contribution in [2.24, 2.45) is 5.41 Å². The van der Waals surface area contributed by atoms with Crippen molar-refractivity contribution in [3.63, 3.8) is 0 Å². The topological polar surface area (TPSA) is 116 Å². The van der Waals surface area contributed by atoms with Crippen LogP contribution >= 0.6 is 11.8 Å². The Hall–Kier alpha value is -1.12. The highest BCUT2D eigenvalue weighted by Crippen LogP contribution is 2.19. The first-order chi connectivity index (χ1) is 10.7. The molecule has 0 aromatic rings. The zero-order valence-corrected chi connectivity index (χ0v) is 14.9. The maximum Gasteiger partial charge on any atom is 0.249 e. The number of nitrogens with one attached hydrogen (secondary N) is 2. The van der Waals surface area contributed by atoms with Gasteiger partial charge in [0.2, 0.25) is 11.8 Å². The van der Waals surface area contributed by atoms with Crippen LogP contribution in [0.3, 0.4) is 0 Å². The van der Waals surface area contributed by atoms with E-state index in [2.05, 4.69) is 10.6 Å². The molecule has 0 spiro atoms. The lowest BCUT2D eigenvalue weighted by atomic mass is 9.87. The number of carbonyl (C=O) groups is 3. The van der Waals surface area contributed by atoms with Gasteiger partial charge in [0.1, 0.15) is 6.10 Å². The van der Waals surface area contributed by atoms with Crippen LogP contribution in [0.5, 0.6) is 0 Å². The average Bonchev–Trinajstić information content (AvgIpc) is 2.50. The largest absolute Gasteiger partial charge is 0.396 e. The Morgan fingerprint density at radius 2 is 1.78 bits per heavy atom. The highest BCUT2D eigenvalue weighted by Gasteiger charge is 2.32. The van der Waals surface area contributed by atoms with Gasteiger partial charge >= 0.3 is 0 Å². The van der Waals surface area contributed by atoms with Gasteiger partial charge in [0.15, 0.2) is 5.12 Å². The number of hydrogen-bond acceptors (Lipinski definition) is 6. The molecular formula is C15H28N2O5S. The van der Waals surface area contributed by atoms with Crippen LogP contribution < -0.4 is 10.6 Å². The highest BCUT2D eigenvalue weighted by molar-refractivity contribution is 8.13. The summed E-state index contributed by atoms with van der Waals surface area (Å²) >= 11 is 1.20. The molecule has 0 bridgehead atoms. The molecule has 8 heteroatoms. The van der Waals surface area contributed by atoms with Crippen LogP contribution in [0.2, 0.25) is 0 Å². The molecule has 0 aliphatic rings. The van der Waals surface area contributed by atoms with Crippen LogP contribution in [0.25, 0.3) is 0 Å². The summed E-state index contributed by atoms with van der Waals surface area (Å²) in [6.07, 6.45) is 0.107. The fourth-order valence-corrected chi connectivity index (χ4v) is 2.34. The summed E-state index contributed by atoms with van der Waals surface area (Å²) in [5, 5.41) is 24.1. The van der Waals surface area contributed by atoms with Crippen LogP contribution in [0.1, 0.15) is 40.0 Å². The molecule has 1 unspecified atom stereocenters. The third-order valence-electron chi connectivity index (χ3n) is 3.19. The first-order valence-corrected chi connectivity index (χ1v) is 8.72. The van der Waals surface area contributed by atoms with Gasteiger partial charge in [-0.2, -0.15) is 0 Å².